The van der Waals surface area contributed by atoms with Gasteiger partial charge in [-0.3, -0.25) is 4.79 Å². The third-order valence-electron chi connectivity index (χ3n) is 3.37. The maximum Gasteiger partial charge on any atom is 0.243 e. The molecule has 1 unspecified atom stereocenters. The molecule has 1 atom stereocenters. The van der Waals surface area contributed by atoms with E-state index in [-0.39, 0.29) is 12.7 Å². The van der Waals surface area contributed by atoms with Gasteiger partial charge in [0.2, 0.25) is 12.7 Å². The van der Waals surface area contributed by atoms with E-state index in [4.69, 9.17) is 9.47 Å². The van der Waals surface area contributed by atoms with Gasteiger partial charge in [0.15, 0.2) is 11.5 Å². The van der Waals surface area contributed by atoms with Crippen molar-refractivity contribution in [2.24, 2.45) is 5.92 Å². The van der Waals surface area contributed by atoms with Gasteiger partial charge in [-0.2, -0.15) is 0 Å². The first-order valence-corrected chi connectivity index (χ1v) is 7.21. The molecule has 1 aromatic carbocycles. The Morgan fingerprint density at radius 2 is 2.14 bits per heavy atom. The molecule has 0 spiro atoms. The molecule has 1 heterocycles. The van der Waals surface area contributed by atoms with E-state index in [9.17, 15) is 4.79 Å². The Balaban J connectivity index is 1.81. The molecule has 0 saturated heterocycles. The molecule has 21 heavy (non-hydrogen) atoms. The molecule has 4 heteroatoms. The molecule has 1 N–H and O–H groups in total. The molecule has 4 nitrogen and oxygen atoms in total. The van der Waals surface area contributed by atoms with Crippen LogP contribution in [0, 0.1) is 5.92 Å². The Bertz CT molecular complexity index is 549. The summed E-state index contributed by atoms with van der Waals surface area (Å²) >= 11 is 0. The molecule has 1 amide bonds. The SMILES string of the molecule is CCC(C)CNC(=O)C=CC=Cc1ccc2c(c1)OCO2. The van der Waals surface area contributed by atoms with Crippen LogP contribution in [0.1, 0.15) is 25.8 Å². The lowest BCUT2D eigenvalue weighted by molar-refractivity contribution is -0.116. The number of benzene rings is 1. The van der Waals surface area contributed by atoms with Crippen LogP contribution in [0.15, 0.2) is 36.4 Å². The Kier molecular flexibility index (Phi) is 5.43. The molecular weight excluding hydrogens is 266 g/mol. The van der Waals surface area contributed by atoms with Gasteiger partial charge in [0.05, 0.1) is 0 Å². The first kappa shape index (κ1) is 15.2. The predicted molar refractivity (Wildman–Crippen MR) is 83.2 cm³/mol. The first-order valence-electron chi connectivity index (χ1n) is 7.21. The fourth-order valence-electron chi connectivity index (χ4n) is 1.80. The maximum atomic E-state index is 11.6. The number of carbonyl (C=O) groups excluding carboxylic acids is 1. The molecule has 0 bridgehead atoms. The van der Waals surface area contributed by atoms with Crippen molar-refractivity contribution < 1.29 is 14.3 Å². The molecule has 1 aliphatic heterocycles. The lowest BCUT2D eigenvalue weighted by atomic mass is 10.1. The highest BCUT2D eigenvalue weighted by Crippen LogP contribution is 2.32. The summed E-state index contributed by atoms with van der Waals surface area (Å²) in [6.07, 6.45) is 8.08. The summed E-state index contributed by atoms with van der Waals surface area (Å²) in [5.41, 5.74) is 1.00. The highest BCUT2D eigenvalue weighted by molar-refractivity contribution is 5.87. The fraction of sp³-hybridized carbons (Fsp3) is 0.353. The van der Waals surface area contributed by atoms with Crippen LogP contribution in [0.3, 0.4) is 0 Å². The number of hydrogen-bond acceptors (Lipinski definition) is 3. The third-order valence-corrected chi connectivity index (χ3v) is 3.37. The number of ether oxygens (including phenoxy) is 2. The van der Waals surface area contributed by atoms with E-state index in [1.54, 1.807) is 6.08 Å². The zero-order chi connectivity index (χ0) is 15.1. The van der Waals surface area contributed by atoms with Crippen LogP contribution in [0.4, 0.5) is 0 Å². The van der Waals surface area contributed by atoms with E-state index in [2.05, 4.69) is 19.2 Å². The minimum atomic E-state index is -0.0642. The molecule has 0 fully saturated rings. The van der Waals surface area contributed by atoms with Crippen LogP contribution in [0.2, 0.25) is 0 Å². The Morgan fingerprint density at radius 3 is 2.95 bits per heavy atom. The number of nitrogens with one attached hydrogen (secondary N) is 1. The monoisotopic (exact) mass is 287 g/mol. The summed E-state index contributed by atoms with van der Waals surface area (Å²) in [6.45, 7) is 5.22. The van der Waals surface area contributed by atoms with E-state index >= 15 is 0 Å². The van der Waals surface area contributed by atoms with Crippen LogP contribution >= 0.6 is 0 Å². The minimum absolute atomic E-state index is 0.0642. The highest BCUT2D eigenvalue weighted by atomic mass is 16.7. The number of amides is 1. The van der Waals surface area contributed by atoms with Crippen LogP contribution in [0.25, 0.3) is 6.08 Å². The molecular formula is C17H21NO3. The van der Waals surface area contributed by atoms with Gasteiger partial charge < -0.3 is 14.8 Å². The lowest BCUT2D eigenvalue weighted by Crippen LogP contribution is -2.26. The summed E-state index contributed by atoms with van der Waals surface area (Å²) in [5, 5.41) is 2.87. The summed E-state index contributed by atoms with van der Waals surface area (Å²) in [6, 6.07) is 5.74. The Labute approximate surface area is 125 Å². The molecule has 0 radical (unpaired) electrons. The van der Waals surface area contributed by atoms with Crippen molar-refractivity contribution >= 4 is 12.0 Å². The number of rotatable bonds is 6. The van der Waals surface area contributed by atoms with Crippen LogP contribution < -0.4 is 14.8 Å². The fourth-order valence-corrected chi connectivity index (χ4v) is 1.80. The molecule has 2 rings (SSSR count). The van der Waals surface area contributed by atoms with Crippen LogP contribution in [0.5, 0.6) is 11.5 Å². The zero-order valence-electron chi connectivity index (χ0n) is 12.5. The predicted octanol–water partition coefficient (Wildman–Crippen LogP) is 3.15. The van der Waals surface area contributed by atoms with Crippen molar-refractivity contribution in [3.8, 4) is 11.5 Å². The van der Waals surface area contributed by atoms with Crippen molar-refractivity contribution in [3.63, 3.8) is 0 Å². The van der Waals surface area contributed by atoms with Gasteiger partial charge in [-0.1, -0.05) is 44.6 Å². The summed E-state index contributed by atoms with van der Waals surface area (Å²) < 4.78 is 10.6. The number of fused-ring (bicyclic) bond motifs is 1. The van der Waals surface area contributed by atoms with Gasteiger partial charge in [0, 0.05) is 12.6 Å². The van der Waals surface area contributed by atoms with Crippen LogP contribution in [-0.4, -0.2) is 19.2 Å². The van der Waals surface area contributed by atoms with E-state index in [0.717, 1.165) is 23.5 Å². The molecule has 0 saturated carbocycles. The molecule has 112 valence electrons. The van der Waals surface area contributed by atoms with Gasteiger partial charge in [-0.15, -0.1) is 0 Å². The second kappa shape index (κ2) is 7.53. The van der Waals surface area contributed by atoms with Crippen molar-refractivity contribution in [1.82, 2.24) is 5.32 Å². The van der Waals surface area contributed by atoms with E-state index in [0.29, 0.717) is 12.5 Å². The highest BCUT2D eigenvalue weighted by Gasteiger charge is 2.11. The first-order chi connectivity index (χ1) is 10.2. The van der Waals surface area contributed by atoms with Gasteiger partial charge >= 0.3 is 0 Å². The van der Waals surface area contributed by atoms with Crippen molar-refractivity contribution in [2.45, 2.75) is 20.3 Å². The molecule has 1 aliphatic rings. The van der Waals surface area contributed by atoms with Gasteiger partial charge in [-0.05, 0) is 23.6 Å². The smallest absolute Gasteiger partial charge is 0.243 e. The maximum absolute atomic E-state index is 11.6. The molecule has 1 aromatic rings. The van der Waals surface area contributed by atoms with Gasteiger partial charge in [0.1, 0.15) is 0 Å². The van der Waals surface area contributed by atoms with Crippen molar-refractivity contribution in [1.29, 1.82) is 0 Å². The van der Waals surface area contributed by atoms with Gasteiger partial charge in [0.25, 0.3) is 0 Å². The standard InChI is InChI=1S/C17H21NO3/c1-3-13(2)11-18-17(19)7-5-4-6-14-8-9-15-16(10-14)21-12-20-15/h4-10,13H,3,11-12H2,1-2H3,(H,18,19). The third kappa shape index (κ3) is 4.67. The quantitative estimate of drug-likeness (QED) is 0.646. The minimum Gasteiger partial charge on any atom is -0.454 e. The summed E-state index contributed by atoms with van der Waals surface area (Å²) in [4.78, 5) is 11.6. The summed E-state index contributed by atoms with van der Waals surface area (Å²) in [7, 11) is 0. The number of carbonyl (C=O) groups is 1. The van der Waals surface area contributed by atoms with Crippen molar-refractivity contribution in [2.75, 3.05) is 13.3 Å². The molecule has 0 aliphatic carbocycles. The van der Waals surface area contributed by atoms with E-state index < -0.39 is 0 Å². The second-order valence-corrected chi connectivity index (χ2v) is 5.09. The molecule has 0 aromatic heterocycles. The normalized spacial score (nSPS) is 14.8. The Morgan fingerprint density at radius 1 is 1.33 bits per heavy atom. The van der Waals surface area contributed by atoms with E-state index in [1.807, 2.05) is 30.4 Å². The van der Waals surface area contributed by atoms with Gasteiger partial charge in [-0.25, -0.2) is 0 Å². The average molecular weight is 287 g/mol. The van der Waals surface area contributed by atoms with E-state index in [1.165, 1.54) is 6.08 Å². The lowest BCUT2D eigenvalue weighted by Gasteiger charge is -2.07. The second-order valence-electron chi connectivity index (χ2n) is 5.09. The number of allylic oxidation sites excluding steroid dienone is 2. The Hall–Kier alpha value is -2.23. The zero-order valence-corrected chi connectivity index (χ0v) is 12.5. The topological polar surface area (TPSA) is 47.6 Å². The largest absolute Gasteiger partial charge is 0.454 e. The van der Waals surface area contributed by atoms with Crippen molar-refractivity contribution in [3.05, 3.63) is 42.0 Å². The number of hydrogen-bond donors (Lipinski definition) is 1. The van der Waals surface area contributed by atoms with Crippen LogP contribution in [-0.2, 0) is 4.79 Å². The summed E-state index contributed by atoms with van der Waals surface area (Å²) in [5.74, 6) is 1.97. The average Bonchev–Trinajstić information content (AvgIpc) is 2.96.